The molecule has 158 valence electrons. The van der Waals surface area contributed by atoms with Crippen LogP contribution in [0.3, 0.4) is 0 Å². The molecule has 0 aliphatic carbocycles. The first-order valence-corrected chi connectivity index (χ1v) is 12.7. The lowest BCUT2D eigenvalue weighted by atomic mass is 10.2. The van der Waals surface area contributed by atoms with Crippen molar-refractivity contribution in [2.45, 2.75) is 29.3 Å². The second-order valence-corrected chi connectivity index (χ2v) is 9.84. The molecule has 0 bridgehead atoms. The van der Waals surface area contributed by atoms with Crippen molar-refractivity contribution in [3.05, 3.63) is 105 Å². The molecule has 0 saturated heterocycles. The van der Waals surface area contributed by atoms with Crippen molar-refractivity contribution >= 4 is 46.7 Å². The molecule has 0 aliphatic heterocycles. The van der Waals surface area contributed by atoms with E-state index in [-0.39, 0.29) is 0 Å². The molecule has 3 nitrogen and oxygen atoms in total. The first-order valence-electron chi connectivity index (χ1n) is 9.80. The van der Waals surface area contributed by atoms with Gasteiger partial charge in [-0.1, -0.05) is 89.1 Å². The van der Waals surface area contributed by atoms with Crippen molar-refractivity contribution in [3.8, 4) is 5.69 Å². The van der Waals surface area contributed by atoms with Gasteiger partial charge in [0.05, 0.1) is 5.75 Å². The summed E-state index contributed by atoms with van der Waals surface area (Å²) in [7, 11) is 0. The molecule has 4 aromatic rings. The standard InChI is InChI=1S/C24H21Cl2N3S2/c1-17-7-9-18(10-8-17)14-31-24-28-27-23(29(24)21-5-3-2-4-6-21)16-30-15-19-11-12-20(25)13-22(19)26/h2-13H,14-16H2,1H3. The zero-order valence-electron chi connectivity index (χ0n) is 17.0. The van der Waals surface area contributed by atoms with Gasteiger partial charge in [0.25, 0.3) is 0 Å². The predicted molar refractivity (Wildman–Crippen MR) is 134 cm³/mol. The van der Waals surface area contributed by atoms with Crippen molar-refractivity contribution in [2.75, 3.05) is 0 Å². The molecule has 0 saturated carbocycles. The molecule has 1 heterocycles. The Morgan fingerprint density at radius 3 is 2.35 bits per heavy atom. The molecule has 0 spiro atoms. The van der Waals surface area contributed by atoms with E-state index in [0.29, 0.717) is 10.0 Å². The number of para-hydroxylation sites is 1. The Morgan fingerprint density at radius 2 is 1.61 bits per heavy atom. The molecular formula is C24H21Cl2N3S2. The largest absolute Gasteiger partial charge is 0.273 e. The summed E-state index contributed by atoms with van der Waals surface area (Å²) in [6.07, 6.45) is 0. The third-order valence-electron chi connectivity index (χ3n) is 4.71. The topological polar surface area (TPSA) is 30.7 Å². The molecule has 31 heavy (non-hydrogen) atoms. The highest BCUT2D eigenvalue weighted by molar-refractivity contribution is 7.98. The van der Waals surface area contributed by atoms with E-state index in [0.717, 1.165) is 39.5 Å². The molecular weight excluding hydrogens is 465 g/mol. The number of aromatic nitrogens is 3. The highest BCUT2D eigenvalue weighted by atomic mass is 35.5. The maximum atomic E-state index is 6.32. The Bertz CT molecular complexity index is 1150. The molecule has 0 radical (unpaired) electrons. The van der Waals surface area contributed by atoms with E-state index in [4.69, 9.17) is 23.2 Å². The van der Waals surface area contributed by atoms with Crippen molar-refractivity contribution in [1.29, 1.82) is 0 Å². The summed E-state index contributed by atoms with van der Waals surface area (Å²) in [5, 5.41) is 11.2. The van der Waals surface area contributed by atoms with Crippen molar-refractivity contribution in [3.63, 3.8) is 0 Å². The Morgan fingerprint density at radius 1 is 0.839 bits per heavy atom. The molecule has 0 fully saturated rings. The number of rotatable bonds is 8. The van der Waals surface area contributed by atoms with E-state index in [2.05, 4.69) is 58.1 Å². The number of halogens is 2. The molecule has 7 heteroatoms. The van der Waals surface area contributed by atoms with Gasteiger partial charge in [-0.25, -0.2) is 0 Å². The third-order valence-corrected chi connectivity index (χ3v) is 7.27. The van der Waals surface area contributed by atoms with E-state index in [1.54, 1.807) is 29.6 Å². The van der Waals surface area contributed by atoms with E-state index in [1.807, 2.05) is 30.3 Å². The average Bonchev–Trinajstić information content (AvgIpc) is 3.18. The van der Waals surface area contributed by atoms with Crippen LogP contribution in [0.5, 0.6) is 0 Å². The minimum atomic E-state index is 0.651. The fourth-order valence-corrected chi connectivity index (χ4v) is 5.47. The van der Waals surface area contributed by atoms with Gasteiger partial charge in [0.15, 0.2) is 5.16 Å². The summed E-state index contributed by atoms with van der Waals surface area (Å²) >= 11 is 15.8. The molecule has 0 aliphatic rings. The van der Waals surface area contributed by atoms with Crippen LogP contribution in [0.25, 0.3) is 5.69 Å². The van der Waals surface area contributed by atoms with Gasteiger partial charge in [0, 0.05) is 27.2 Å². The number of nitrogens with zero attached hydrogens (tertiary/aromatic N) is 3. The molecule has 0 N–H and O–H groups in total. The number of hydrogen-bond donors (Lipinski definition) is 0. The molecule has 0 unspecified atom stereocenters. The minimum absolute atomic E-state index is 0.651. The van der Waals surface area contributed by atoms with Gasteiger partial charge in [-0.2, -0.15) is 0 Å². The fraction of sp³-hybridized carbons (Fsp3) is 0.167. The van der Waals surface area contributed by atoms with Gasteiger partial charge in [-0.05, 0) is 42.3 Å². The van der Waals surface area contributed by atoms with Gasteiger partial charge in [0.1, 0.15) is 5.82 Å². The highest BCUT2D eigenvalue weighted by Gasteiger charge is 2.15. The lowest BCUT2D eigenvalue weighted by molar-refractivity contribution is 0.864. The van der Waals surface area contributed by atoms with Crippen LogP contribution in [0, 0.1) is 6.92 Å². The smallest absolute Gasteiger partial charge is 0.196 e. The second-order valence-electron chi connectivity index (χ2n) is 7.07. The monoisotopic (exact) mass is 485 g/mol. The van der Waals surface area contributed by atoms with Crippen LogP contribution in [-0.4, -0.2) is 14.8 Å². The normalized spacial score (nSPS) is 11.1. The van der Waals surface area contributed by atoms with Gasteiger partial charge in [-0.3, -0.25) is 4.57 Å². The summed E-state index contributed by atoms with van der Waals surface area (Å²) in [4.78, 5) is 0. The van der Waals surface area contributed by atoms with Gasteiger partial charge in [-0.15, -0.1) is 22.0 Å². The van der Waals surface area contributed by atoms with Crippen LogP contribution in [0.2, 0.25) is 10.0 Å². The molecule has 4 rings (SSSR count). The predicted octanol–water partition coefficient (Wildman–Crippen LogP) is 7.61. The maximum absolute atomic E-state index is 6.32. The molecule has 0 amide bonds. The van der Waals surface area contributed by atoms with Crippen LogP contribution in [-0.2, 0) is 17.3 Å². The highest BCUT2D eigenvalue weighted by Crippen LogP contribution is 2.29. The van der Waals surface area contributed by atoms with Crippen LogP contribution >= 0.6 is 46.7 Å². The van der Waals surface area contributed by atoms with Crippen LogP contribution in [0.1, 0.15) is 22.5 Å². The van der Waals surface area contributed by atoms with Crippen molar-refractivity contribution < 1.29 is 0 Å². The zero-order valence-corrected chi connectivity index (χ0v) is 20.1. The van der Waals surface area contributed by atoms with Crippen LogP contribution in [0.15, 0.2) is 78.0 Å². The van der Waals surface area contributed by atoms with E-state index < -0.39 is 0 Å². The lowest BCUT2D eigenvalue weighted by Gasteiger charge is -2.10. The molecule has 3 aromatic carbocycles. The summed E-state index contributed by atoms with van der Waals surface area (Å²) in [6, 6.07) is 24.5. The van der Waals surface area contributed by atoms with E-state index in [9.17, 15) is 0 Å². The summed E-state index contributed by atoms with van der Waals surface area (Å²) in [5.41, 5.74) is 4.67. The second kappa shape index (κ2) is 10.6. The van der Waals surface area contributed by atoms with Crippen LogP contribution < -0.4 is 0 Å². The van der Waals surface area contributed by atoms with Crippen LogP contribution in [0.4, 0.5) is 0 Å². The van der Waals surface area contributed by atoms with Gasteiger partial charge >= 0.3 is 0 Å². The zero-order chi connectivity index (χ0) is 21.6. The number of benzene rings is 3. The average molecular weight is 486 g/mol. The Labute approximate surface area is 201 Å². The van der Waals surface area contributed by atoms with E-state index >= 15 is 0 Å². The number of thioether (sulfide) groups is 2. The maximum Gasteiger partial charge on any atom is 0.196 e. The summed E-state index contributed by atoms with van der Waals surface area (Å²) < 4.78 is 2.15. The Balaban J connectivity index is 1.51. The summed E-state index contributed by atoms with van der Waals surface area (Å²) in [5.74, 6) is 3.28. The first kappa shape index (κ1) is 22.3. The molecule has 0 atom stereocenters. The first-order chi connectivity index (χ1) is 15.1. The summed E-state index contributed by atoms with van der Waals surface area (Å²) in [6.45, 7) is 2.10. The van der Waals surface area contributed by atoms with Gasteiger partial charge < -0.3 is 0 Å². The third kappa shape index (κ3) is 5.86. The lowest BCUT2D eigenvalue weighted by Crippen LogP contribution is -2.02. The molecule has 1 aromatic heterocycles. The van der Waals surface area contributed by atoms with Crippen molar-refractivity contribution in [2.24, 2.45) is 0 Å². The van der Waals surface area contributed by atoms with Gasteiger partial charge in [0.2, 0.25) is 0 Å². The Hall–Kier alpha value is -1.92. The van der Waals surface area contributed by atoms with E-state index in [1.165, 1.54) is 11.1 Å². The fourth-order valence-electron chi connectivity index (χ4n) is 3.05. The quantitative estimate of drug-likeness (QED) is 0.240. The SMILES string of the molecule is Cc1ccc(CSc2nnc(CSCc3ccc(Cl)cc3Cl)n2-c2ccccc2)cc1. The Kier molecular flexibility index (Phi) is 7.62. The number of aryl methyl sites for hydroxylation is 1. The minimum Gasteiger partial charge on any atom is -0.273 e. The van der Waals surface area contributed by atoms with Crippen molar-refractivity contribution in [1.82, 2.24) is 14.8 Å². The number of hydrogen-bond acceptors (Lipinski definition) is 4.